The van der Waals surface area contributed by atoms with Gasteiger partial charge in [-0.05, 0) is 26.8 Å². The first-order valence-electron chi connectivity index (χ1n) is 5.46. The van der Waals surface area contributed by atoms with E-state index in [0.717, 1.165) is 29.2 Å². The van der Waals surface area contributed by atoms with E-state index in [1.807, 2.05) is 37.0 Å². The zero-order valence-corrected chi connectivity index (χ0v) is 9.90. The molecule has 1 atom stereocenters. The molecule has 4 nitrogen and oxygen atoms in total. The van der Waals surface area contributed by atoms with Gasteiger partial charge >= 0.3 is 0 Å². The largest absolute Gasteiger partial charge is 0.466 e. The highest BCUT2D eigenvalue weighted by atomic mass is 16.3. The topological polar surface area (TPSA) is 57.0 Å². The molecule has 0 radical (unpaired) electrons. The minimum Gasteiger partial charge on any atom is -0.466 e. The lowest BCUT2D eigenvalue weighted by Gasteiger charge is -2.07. The van der Waals surface area contributed by atoms with Crippen molar-refractivity contribution >= 4 is 0 Å². The highest BCUT2D eigenvalue weighted by Gasteiger charge is 2.16. The molecule has 0 aliphatic rings. The van der Waals surface area contributed by atoms with E-state index in [0.29, 0.717) is 0 Å². The lowest BCUT2D eigenvalue weighted by Crippen LogP contribution is -2.11. The Bertz CT molecular complexity index is 484. The van der Waals surface area contributed by atoms with Gasteiger partial charge < -0.3 is 10.2 Å². The van der Waals surface area contributed by atoms with E-state index in [1.54, 1.807) is 0 Å². The van der Waals surface area contributed by atoms with E-state index in [-0.39, 0.29) is 6.04 Å². The number of furan rings is 1. The standard InChI is InChI=1S/C12H17N3O/c1-4-15-7-10(6-14-15)12(13)11-5-8(2)16-9(11)3/h5-7,12H,4,13H2,1-3H3. The summed E-state index contributed by atoms with van der Waals surface area (Å²) in [5.41, 5.74) is 8.24. The van der Waals surface area contributed by atoms with Crippen molar-refractivity contribution in [2.45, 2.75) is 33.4 Å². The van der Waals surface area contributed by atoms with Crippen molar-refractivity contribution in [3.63, 3.8) is 0 Å². The summed E-state index contributed by atoms with van der Waals surface area (Å²) in [5, 5.41) is 4.22. The highest BCUT2D eigenvalue weighted by Crippen LogP contribution is 2.24. The molecule has 0 aliphatic heterocycles. The molecule has 0 bridgehead atoms. The van der Waals surface area contributed by atoms with Gasteiger partial charge in [0.1, 0.15) is 11.5 Å². The van der Waals surface area contributed by atoms with Crippen LogP contribution in [0.2, 0.25) is 0 Å². The first kappa shape index (κ1) is 11.0. The molecule has 2 heterocycles. The molecular formula is C12H17N3O. The van der Waals surface area contributed by atoms with Crippen LogP contribution < -0.4 is 5.73 Å². The van der Waals surface area contributed by atoms with Crippen molar-refractivity contribution in [3.8, 4) is 0 Å². The number of rotatable bonds is 3. The van der Waals surface area contributed by atoms with Gasteiger partial charge in [0.05, 0.1) is 12.2 Å². The van der Waals surface area contributed by atoms with Gasteiger partial charge in [-0.15, -0.1) is 0 Å². The number of nitrogens with two attached hydrogens (primary N) is 1. The molecule has 2 rings (SSSR count). The summed E-state index contributed by atoms with van der Waals surface area (Å²) in [7, 11) is 0. The lowest BCUT2D eigenvalue weighted by molar-refractivity contribution is 0.499. The summed E-state index contributed by atoms with van der Waals surface area (Å²) in [6.07, 6.45) is 3.79. The maximum atomic E-state index is 6.19. The van der Waals surface area contributed by atoms with Crippen LogP contribution in [-0.2, 0) is 6.54 Å². The van der Waals surface area contributed by atoms with E-state index in [2.05, 4.69) is 12.0 Å². The van der Waals surface area contributed by atoms with Gasteiger partial charge in [0.15, 0.2) is 0 Å². The maximum absolute atomic E-state index is 6.19. The number of aryl methyl sites for hydroxylation is 3. The Morgan fingerprint density at radius 2 is 2.25 bits per heavy atom. The molecule has 2 aromatic rings. The summed E-state index contributed by atoms with van der Waals surface area (Å²) in [4.78, 5) is 0. The summed E-state index contributed by atoms with van der Waals surface area (Å²) in [6.45, 7) is 6.77. The van der Waals surface area contributed by atoms with Crippen LogP contribution in [0, 0.1) is 13.8 Å². The van der Waals surface area contributed by atoms with E-state index in [9.17, 15) is 0 Å². The molecular weight excluding hydrogens is 202 g/mol. The number of hydrogen-bond donors (Lipinski definition) is 1. The Kier molecular flexibility index (Phi) is 2.83. The normalized spacial score (nSPS) is 13.0. The van der Waals surface area contributed by atoms with Crippen LogP contribution in [0.4, 0.5) is 0 Å². The maximum Gasteiger partial charge on any atom is 0.106 e. The van der Waals surface area contributed by atoms with Gasteiger partial charge in [-0.2, -0.15) is 5.10 Å². The quantitative estimate of drug-likeness (QED) is 0.860. The van der Waals surface area contributed by atoms with Crippen LogP contribution in [0.1, 0.15) is 35.6 Å². The van der Waals surface area contributed by atoms with E-state index >= 15 is 0 Å². The molecule has 0 amide bonds. The zero-order valence-electron chi connectivity index (χ0n) is 9.90. The Morgan fingerprint density at radius 3 is 2.75 bits per heavy atom. The molecule has 0 aromatic carbocycles. The van der Waals surface area contributed by atoms with Gasteiger partial charge in [0.25, 0.3) is 0 Å². The van der Waals surface area contributed by atoms with Gasteiger partial charge in [0.2, 0.25) is 0 Å². The van der Waals surface area contributed by atoms with E-state index in [4.69, 9.17) is 10.2 Å². The third kappa shape index (κ3) is 1.88. The Hall–Kier alpha value is -1.55. The fourth-order valence-corrected chi connectivity index (χ4v) is 1.85. The predicted molar refractivity (Wildman–Crippen MR) is 62.1 cm³/mol. The van der Waals surface area contributed by atoms with Crippen molar-refractivity contribution in [1.82, 2.24) is 9.78 Å². The first-order chi connectivity index (χ1) is 7.61. The second-order valence-corrected chi connectivity index (χ2v) is 3.98. The summed E-state index contributed by atoms with van der Waals surface area (Å²) < 4.78 is 7.36. The summed E-state index contributed by atoms with van der Waals surface area (Å²) in [5.74, 6) is 1.78. The van der Waals surface area contributed by atoms with Crippen LogP contribution in [-0.4, -0.2) is 9.78 Å². The van der Waals surface area contributed by atoms with Gasteiger partial charge in [-0.25, -0.2) is 0 Å². The molecule has 0 aliphatic carbocycles. The fourth-order valence-electron chi connectivity index (χ4n) is 1.85. The molecule has 0 fully saturated rings. The van der Waals surface area contributed by atoms with Gasteiger partial charge in [-0.3, -0.25) is 4.68 Å². The fraction of sp³-hybridized carbons (Fsp3) is 0.417. The van der Waals surface area contributed by atoms with Crippen LogP contribution in [0.5, 0.6) is 0 Å². The molecule has 16 heavy (non-hydrogen) atoms. The van der Waals surface area contributed by atoms with Crippen LogP contribution >= 0.6 is 0 Å². The number of aromatic nitrogens is 2. The van der Waals surface area contributed by atoms with Crippen LogP contribution in [0.3, 0.4) is 0 Å². The van der Waals surface area contributed by atoms with Crippen LogP contribution in [0.25, 0.3) is 0 Å². The summed E-state index contributed by atoms with van der Waals surface area (Å²) in [6, 6.07) is 1.83. The molecule has 2 N–H and O–H groups in total. The minimum atomic E-state index is -0.155. The van der Waals surface area contributed by atoms with Crippen molar-refractivity contribution in [1.29, 1.82) is 0 Å². The van der Waals surface area contributed by atoms with E-state index in [1.165, 1.54) is 0 Å². The first-order valence-corrected chi connectivity index (χ1v) is 5.46. The average Bonchev–Trinajstić information content (AvgIpc) is 2.84. The average molecular weight is 219 g/mol. The molecule has 1 unspecified atom stereocenters. The van der Waals surface area contributed by atoms with Gasteiger partial charge in [-0.1, -0.05) is 0 Å². The third-order valence-corrected chi connectivity index (χ3v) is 2.75. The molecule has 2 aromatic heterocycles. The third-order valence-electron chi connectivity index (χ3n) is 2.75. The monoisotopic (exact) mass is 219 g/mol. The highest BCUT2D eigenvalue weighted by molar-refractivity contribution is 5.31. The SMILES string of the molecule is CCn1cc(C(N)c2cc(C)oc2C)cn1. The molecule has 4 heteroatoms. The Balaban J connectivity index is 2.31. The van der Waals surface area contributed by atoms with Crippen molar-refractivity contribution in [2.24, 2.45) is 5.73 Å². The molecule has 0 spiro atoms. The predicted octanol–water partition coefficient (Wildman–Crippen LogP) is 2.16. The number of hydrogen-bond acceptors (Lipinski definition) is 3. The molecule has 86 valence electrons. The number of nitrogens with zero attached hydrogens (tertiary/aromatic N) is 2. The Morgan fingerprint density at radius 1 is 1.50 bits per heavy atom. The second kappa shape index (κ2) is 4.14. The van der Waals surface area contributed by atoms with E-state index < -0.39 is 0 Å². The van der Waals surface area contributed by atoms with Crippen molar-refractivity contribution in [3.05, 3.63) is 41.1 Å². The van der Waals surface area contributed by atoms with Crippen molar-refractivity contribution in [2.75, 3.05) is 0 Å². The molecule has 0 saturated carbocycles. The second-order valence-electron chi connectivity index (χ2n) is 3.98. The minimum absolute atomic E-state index is 0.155. The summed E-state index contributed by atoms with van der Waals surface area (Å²) >= 11 is 0. The lowest BCUT2D eigenvalue weighted by atomic mass is 10.0. The smallest absolute Gasteiger partial charge is 0.106 e. The zero-order chi connectivity index (χ0) is 11.7. The van der Waals surface area contributed by atoms with Crippen LogP contribution in [0.15, 0.2) is 22.9 Å². The van der Waals surface area contributed by atoms with Gasteiger partial charge in [0, 0.05) is 23.9 Å². The Labute approximate surface area is 95.1 Å². The van der Waals surface area contributed by atoms with Crippen molar-refractivity contribution < 1.29 is 4.42 Å². The molecule has 0 saturated heterocycles.